The van der Waals surface area contributed by atoms with E-state index in [0.717, 1.165) is 45.9 Å². The van der Waals surface area contributed by atoms with Crippen molar-refractivity contribution in [1.82, 2.24) is 15.1 Å². The van der Waals surface area contributed by atoms with Crippen LogP contribution >= 0.6 is 27.3 Å². The van der Waals surface area contributed by atoms with Gasteiger partial charge in [0.2, 0.25) is 0 Å². The summed E-state index contributed by atoms with van der Waals surface area (Å²) in [5.41, 5.74) is 1.11. The minimum atomic E-state index is -0.227. The predicted molar refractivity (Wildman–Crippen MR) is 124 cm³/mol. The molecule has 1 aromatic heterocycles. The fourth-order valence-electron chi connectivity index (χ4n) is 3.23. The van der Waals surface area contributed by atoms with Gasteiger partial charge in [-0.2, -0.15) is 0 Å². The van der Waals surface area contributed by atoms with E-state index >= 15 is 0 Å². The third-order valence-corrected chi connectivity index (χ3v) is 6.36. The number of amides is 1. The van der Waals surface area contributed by atoms with Gasteiger partial charge in [0.25, 0.3) is 0 Å². The van der Waals surface area contributed by atoms with Crippen LogP contribution in [0, 0.1) is 6.92 Å². The van der Waals surface area contributed by atoms with Gasteiger partial charge in [0.15, 0.2) is 0 Å². The van der Waals surface area contributed by atoms with E-state index in [4.69, 9.17) is 4.74 Å². The summed E-state index contributed by atoms with van der Waals surface area (Å²) in [6.07, 6.45) is 2.21. The summed E-state index contributed by atoms with van der Waals surface area (Å²) in [6.45, 7) is 4.70. The van der Waals surface area contributed by atoms with Crippen LogP contribution in [0.4, 0.5) is 4.79 Å². The van der Waals surface area contributed by atoms with Gasteiger partial charge in [-0.1, -0.05) is 64.5 Å². The Morgan fingerprint density at radius 2 is 1.77 bits per heavy atom. The normalized spacial score (nSPS) is 17.0. The van der Waals surface area contributed by atoms with Crippen LogP contribution < -0.4 is 0 Å². The highest BCUT2D eigenvalue weighted by atomic mass is 79.9. The van der Waals surface area contributed by atoms with Gasteiger partial charge >= 0.3 is 6.09 Å². The van der Waals surface area contributed by atoms with Crippen molar-refractivity contribution in [2.75, 3.05) is 6.54 Å². The zero-order valence-corrected chi connectivity index (χ0v) is 19.6. The lowest BCUT2D eigenvalue weighted by Crippen LogP contribution is -2.43. The van der Waals surface area contributed by atoms with Crippen LogP contribution in [0.15, 0.2) is 65.1 Å². The van der Waals surface area contributed by atoms with E-state index in [-0.39, 0.29) is 18.2 Å². The molecule has 158 valence electrons. The molecule has 3 aromatic rings. The minimum absolute atomic E-state index is 0.0114. The van der Waals surface area contributed by atoms with Crippen molar-refractivity contribution < 1.29 is 9.53 Å². The van der Waals surface area contributed by atoms with Crippen molar-refractivity contribution in [2.24, 2.45) is 0 Å². The lowest BCUT2D eigenvalue weighted by Gasteiger charge is -2.35. The molecule has 0 spiro atoms. The van der Waals surface area contributed by atoms with Gasteiger partial charge in [0.05, 0.1) is 6.04 Å². The largest absolute Gasteiger partial charge is 0.446 e. The summed E-state index contributed by atoms with van der Waals surface area (Å²) in [5.74, 6) is 0. The first-order chi connectivity index (χ1) is 14.5. The van der Waals surface area contributed by atoms with E-state index in [1.165, 1.54) is 0 Å². The predicted octanol–water partition coefficient (Wildman–Crippen LogP) is 6.20. The average molecular weight is 488 g/mol. The SMILES string of the molecule is Cc1nnc(CCC2CCN(C(C)c3ccc(Br)cc3)C(=O)O2)s1.c1ccccc1. The highest BCUT2D eigenvalue weighted by Gasteiger charge is 2.30. The minimum Gasteiger partial charge on any atom is -0.446 e. The number of halogens is 1. The first-order valence-corrected chi connectivity index (χ1v) is 11.7. The van der Waals surface area contributed by atoms with Crippen molar-refractivity contribution in [3.8, 4) is 0 Å². The molecule has 1 fully saturated rings. The smallest absolute Gasteiger partial charge is 0.410 e. The first-order valence-electron chi connectivity index (χ1n) is 10.0. The summed E-state index contributed by atoms with van der Waals surface area (Å²) < 4.78 is 6.66. The van der Waals surface area contributed by atoms with Crippen molar-refractivity contribution in [3.63, 3.8) is 0 Å². The quantitative estimate of drug-likeness (QED) is 0.429. The van der Waals surface area contributed by atoms with Crippen LogP contribution in [-0.4, -0.2) is 33.8 Å². The molecular weight excluding hydrogens is 462 g/mol. The Bertz CT molecular complexity index is 891. The standard InChI is InChI=1S/C17H20BrN3O2S.C6H6/c1-11(13-3-5-14(18)6-4-13)21-10-9-15(23-17(21)22)7-8-16-20-19-12(2)24-16;1-2-4-6-5-3-1/h3-6,11,15H,7-10H2,1-2H3;1-6H. The Morgan fingerprint density at radius 3 is 2.30 bits per heavy atom. The maximum absolute atomic E-state index is 12.4. The molecule has 30 heavy (non-hydrogen) atoms. The number of ether oxygens (including phenoxy) is 1. The Morgan fingerprint density at radius 1 is 1.13 bits per heavy atom. The molecule has 2 unspecified atom stereocenters. The Balaban J connectivity index is 0.000000367. The first kappa shape index (κ1) is 22.4. The fourth-order valence-corrected chi connectivity index (χ4v) is 4.22. The highest BCUT2D eigenvalue weighted by molar-refractivity contribution is 9.10. The molecule has 4 rings (SSSR count). The van der Waals surface area contributed by atoms with E-state index in [0.29, 0.717) is 0 Å². The van der Waals surface area contributed by atoms with Crippen LogP contribution in [0.2, 0.25) is 0 Å². The molecule has 0 aliphatic carbocycles. The van der Waals surface area contributed by atoms with E-state index < -0.39 is 0 Å². The van der Waals surface area contributed by atoms with E-state index in [1.54, 1.807) is 16.2 Å². The van der Waals surface area contributed by atoms with Crippen LogP contribution in [0.3, 0.4) is 0 Å². The number of hydrogen-bond donors (Lipinski definition) is 0. The molecule has 0 saturated carbocycles. The summed E-state index contributed by atoms with van der Waals surface area (Å²) >= 11 is 5.04. The monoisotopic (exact) mass is 487 g/mol. The summed E-state index contributed by atoms with van der Waals surface area (Å²) in [4.78, 5) is 14.2. The van der Waals surface area contributed by atoms with Crippen LogP contribution in [0.1, 0.15) is 41.4 Å². The number of aromatic nitrogens is 2. The van der Waals surface area contributed by atoms with E-state index in [2.05, 4.69) is 26.1 Å². The molecule has 2 aromatic carbocycles. The highest BCUT2D eigenvalue weighted by Crippen LogP contribution is 2.27. The van der Waals surface area contributed by atoms with E-state index in [1.807, 2.05) is 74.5 Å². The molecule has 1 aliphatic rings. The van der Waals surface area contributed by atoms with Gasteiger partial charge in [-0.3, -0.25) is 0 Å². The Labute approximate surface area is 190 Å². The summed E-state index contributed by atoms with van der Waals surface area (Å²) in [5, 5.41) is 10.1. The average Bonchev–Trinajstić information content (AvgIpc) is 3.19. The zero-order valence-electron chi connectivity index (χ0n) is 17.2. The molecular formula is C23H26BrN3O2S. The molecule has 1 saturated heterocycles. The third-order valence-electron chi connectivity index (χ3n) is 4.93. The van der Waals surface area contributed by atoms with Crippen LogP contribution in [-0.2, 0) is 11.2 Å². The number of aryl methyl sites for hydroxylation is 2. The second kappa shape index (κ2) is 11.2. The second-order valence-electron chi connectivity index (χ2n) is 7.12. The molecule has 0 bridgehead atoms. The Kier molecular flexibility index (Phi) is 8.39. The summed E-state index contributed by atoms with van der Waals surface area (Å²) in [6, 6.07) is 20.1. The number of benzene rings is 2. The number of carbonyl (C=O) groups excluding carboxylic acids is 1. The fraction of sp³-hybridized carbons (Fsp3) is 0.348. The number of hydrogen-bond acceptors (Lipinski definition) is 5. The zero-order chi connectivity index (χ0) is 21.3. The molecule has 0 N–H and O–H groups in total. The third kappa shape index (κ3) is 6.64. The van der Waals surface area contributed by atoms with Gasteiger partial charge in [-0.05, 0) is 38.0 Å². The van der Waals surface area contributed by atoms with Gasteiger partial charge in [0.1, 0.15) is 16.1 Å². The molecule has 1 amide bonds. The lowest BCUT2D eigenvalue weighted by atomic mass is 10.0. The molecule has 2 atom stereocenters. The van der Waals surface area contributed by atoms with Crippen LogP contribution in [0.5, 0.6) is 0 Å². The summed E-state index contributed by atoms with van der Waals surface area (Å²) in [7, 11) is 0. The number of nitrogens with zero attached hydrogens (tertiary/aromatic N) is 3. The van der Waals surface area contributed by atoms with Gasteiger partial charge in [-0.25, -0.2) is 4.79 Å². The molecule has 5 nitrogen and oxygen atoms in total. The molecule has 0 radical (unpaired) electrons. The van der Waals surface area contributed by atoms with E-state index in [9.17, 15) is 4.79 Å². The topological polar surface area (TPSA) is 55.3 Å². The molecule has 2 heterocycles. The van der Waals surface area contributed by atoms with Gasteiger partial charge in [-0.15, -0.1) is 21.5 Å². The van der Waals surface area contributed by atoms with Crippen molar-refractivity contribution in [2.45, 2.75) is 45.3 Å². The van der Waals surface area contributed by atoms with Crippen molar-refractivity contribution in [3.05, 3.63) is 80.7 Å². The molecule has 1 aliphatic heterocycles. The lowest BCUT2D eigenvalue weighted by molar-refractivity contribution is 0.0101. The second-order valence-corrected chi connectivity index (χ2v) is 9.31. The number of cyclic esters (lactones) is 1. The van der Waals surface area contributed by atoms with Crippen molar-refractivity contribution >= 4 is 33.4 Å². The van der Waals surface area contributed by atoms with Crippen molar-refractivity contribution in [1.29, 1.82) is 0 Å². The van der Waals surface area contributed by atoms with Gasteiger partial charge in [0, 0.05) is 23.9 Å². The number of rotatable bonds is 5. The molecule has 7 heteroatoms. The Hall–Kier alpha value is -2.25. The maximum atomic E-state index is 12.4. The van der Waals surface area contributed by atoms with Gasteiger partial charge < -0.3 is 9.64 Å². The number of carbonyl (C=O) groups is 1. The maximum Gasteiger partial charge on any atom is 0.410 e. The van der Waals surface area contributed by atoms with Crippen LogP contribution in [0.25, 0.3) is 0 Å².